The minimum Gasteiger partial charge on any atom is -0.378 e. The van der Waals surface area contributed by atoms with E-state index in [9.17, 15) is 0 Å². The molecule has 0 amide bonds. The summed E-state index contributed by atoms with van der Waals surface area (Å²) < 4.78 is 20.6. The smallest absolute Gasteiger partial charge is 0.166 e. The van der Waals surface area contributed by atoms with Gasteiger partial charge in [-0.25, -0.2) is 19.3 Å². The summed E-state index contributed by atoms with van der Waals surface area (Å²) in [6.45, 7) is 7.53. The number of halogens is 1. The van der Waals surface area contributed by atoms with E-state index >= 15 is 4.39 Å². The van der Waals surface area contributed by atoms with Gasteiger partial charge in [-0.15, -0.1) is 0 Å². The molecule has 2 aliphatic heterocycles. The summed E-state index contributed by atoms with van der Waals surface area (Å²) >= 11 is 1.58. The van der Waals surface area contributed by atoms with Crippen LogP contribution in [0.5, 0.6) is 0 Å². The number of rotatable bonds is 4. The van der Waals surface area contributed by atoms with E-state index in [2.05, 4.69) is 20.1 Å². The van der Waals surface area contributed by atoms with E-state index in [-0.39, 0.29) is 5.82 Å². The highest BCUT2D eigenvalue weighted by Gasteiger charge is 2.24. The zero-order chi connectivity index (χ0) is 21.5. The third-order valence-electron chi connectivity index (χ3n) is 6.07. The van der Waals surface area contributed by atoms with Crippen LogP contribution in [0.15, 0.2) is 24.4 Å². The molecule has 2 N–H and O–H groups in total. The maximum absolute atomic E-state index is 15.0. The minimum atomic E-state index is -0.324. The van der Waals surface area contributed by atoms with Crippen LogP contribution in [0.4, 0.5) is 10.2 Å². The monoisotopic (exact) mass is 453 g/mol. The molecule has 0 saturated carbocycles. The summed E-state index contributed by atoms with van der Waals surface area (Å²) in [7, 11) is 0. The van der Waals surface area contributed by atoms with Gasteiger partial charge >= 0.3 is 0 Å². The van der Waals surface area contributed by atoms with Crippen LogP contribution in [0.25, 0.3) is 32.6 Å². The van der Waals surface area contributed by atoms with Crippen LogP contribution < -0.4 is 10.2 Å². The molecule has 2 aliphatic rings. The van der Waals surface area contributed by atoms with Crippen molar-refractivity contribution in [2.24, 2.45) is 0 Å². The highest BCUT2D eigenvalue weighted by Crippen LogP contribution is 2.35. The number of fused-ring (bicyclic) bond motifs is 2. The van der Waals surface area contributed by atoms with Crippen molar-refractivity contribution in [2.45, 2.75) is 6.54 Å². The Bertz CT molecular complexity index is 1260. The van der Waals surface area contributed by atoms with Crippen molar-refractivity contribution in [3.05, 3.63) is 35.2 Å². The van der Waals surface area contributed by atoms with Crippen molar-refractivity contribution in [3.63, 3.8) is 0 Å². The molecule has 2 fully saturated rings. The Kier molecular flexibility index (Phi) is 5.22. The fourth-order valence-electron chi connectivity index (χ4n) is 4.42. The molecule has 0 aliphatic carbocycles. The number of H-pyrrole nitrogens is 1. The number of hydrogen-bond acceptors (Lipinski definition) is 8. The van der Waals surface area contributed by atoms with E-state index in [0.29, 0.717) is 24.6 Å². The number of nitrogens with one attached hydrogen (secondary N) is 2. The van der Waals surface area contributed by atoms with Crippen LogP contribution in [0.2, 0.25) is 0 Å². The maximum Gasteiger partial charge on any atom is 0.166 e. The number of aromatic amines is 1. The van der Waals surface area contributed by atoms with Gasteiger partial charge in [-0.2, -0.15) is 0 Å². The standard InChI is InChI=1S/C22H24FN7OS/c23-15-1-2-16-14(3-4-25-16)18(15)20-27-21(30-9-11-31-12-10-30)19-22(28-20)32-17(26-19)13-29-7-5-24-6-8-29/h1-4,24-25H,5-13H2. The third kappa shape index (κ3) is 3.62. The molecule has 0 unspecified atom stereocenters. The summed E-state index contributed by atoms with van der Waals surface area (Å²) in [5.41, 5.74) is 2.09. The van der Waals surface area contributed by atoms with Gasteiger partial charge in [0, 0.05) is 56.4 Å². The molecule has 0 atom stereocenters. The van der Waals surface area contributed by atoms with Crippen molar-refractivity contribution < 1.29 is 9.13 Å². The van der Waals surface area contributed by atoms with Crippen molar-refractivity contribution >= 4 is 38.4 Å². The van der Waals surface area contributed by atoms with Gasteiger partial charge in [-0.1, -0.05) is 11.3 Å². The second kappa shape index (κ2) is 8.36. The van der Waals surface area contributed by atoms with Gasteiger partial charge in [0.05, 0.1) is 25.3 Å². The zero-order valence-corrected chi connectivity index (χ0v) is 18.4. The first-order valence-electron chi connectivity index (χ1n) is 11.0. The van der Waals surface area contributed by atoms with E-state index in [4.69, 9.17) is 19.7 Å². The molecule has 0 radical (unpaired) electrons. The van der Waals surface area contributed by atoms with E-state index < -0.39 is 0 Å². The number of benzene rings is 1. The number of piperazine rings is 1. The van der Waals surface area contributed by atoms with Crippen molar-refractivity contribution in [1.82, 2.24) is 30.2 Å². The SMILES string of the molecule is Fc1ccc2[nH]ccc2c1-c1nc(N2CCOCC2)c2nc(CN3CCNCC3)sc2n1. The molecule has 3 aromatic heterocycles. The number of hydrogen-bond donors (Lipinski definition) is 2. The molecule has 32 heavy (non-hydrogen) atoms. The normalized spacial score (nSPS) is 18.1. The van der Waals surface area contributed by atoms with Crippen molar-refractivity contribution in [2.75, 3.05) is 57.4 Å². The topological polar surface area (TPSA) is 82.2 Å². The summed E-state index contributed by atoms with van der Waals surface area (Å²) in [5, 5.41) is 5.18. The molecule has 5 heterocycles. The Morgan fingerprint density at radius 3 is 2.72 bits per heavy atom. The van der Waals surface area contributed by atoms with Crippen LogP contribution >= 0.6 is 11.3 Å². The van der Waals surface area contributed by atoms with Gasteiger partial charge in [0.1, 0.15) is 21.2 Å². The highest BCUT2D eigenvalue weighted by molar-refractivity contribution is 7.18. The molecule has 0 bridgehead atoms. The van der Waals surface area contributed by atoms with Crippen LogP contribution in [-0.2, 0) is 11.3 Å². The molecule has 0 spiro atoms. The van der Waals surface area contributed by atoms with Crippen LogP contribution in [-0.4, -0.2) is 77.3 Å². The van der Waals surface area contributed by atoms with Gasteiger partial charge in [-0.05, 0) is 18.2 Å². The molecule has 10 heteroatoms. The first kappa shape index (κ1) is 20.0. The number of morpholine rings is 1. The molecule has 8 nitrogen and oxygen atoms in total. The fourth-order valence-corrected chi connectivity index (χ4v) is 5.39. The first-order chi connectivity index (χ1) is 15.8. The fraction of sp³-hybridized carbons (Fsp3) is 0.409. The Balaban J connectivity index is 1.48. The van der Waals surface area contributed by atoms with Gasteiger partial charge in [0.25, 0.3) is 0 Å². The molecule has 2 saturated heterocycles. The Morgan fingerprint density at radius 1 is 1.03 bits per heavy atom. The summed E-state index contributed by atoms with van der Waals surface area (Å²) in [6.07, 6.45) is 1.81. The van der Waals surface area contributed by atoms with Crippen LogP contribution in [0, 0.1) is 5.82 Å². The number of aromatic nitrogens is 4. The molecular formula is C22H24FN7OS. The van der Waals surface area contributed by atoms with E-state index in [1.165, 1.54) is 6.07 Å². The lowest BCUT2D eigenvalue weighted by Crippen LogP contribution is -2.42. The van der Waals surface area contributed by atoms with Gasteiger partial charge in [0.15, 0.2) is 11.6 Å². The lowest BCUT2D eigenvalue weighted by molar-refractivity contribution is 0.122. The van der Waals surface area contributed by atoms with Crippen molar-refractivity contribution in [1.29, 1.82) is 0 Å². The molecule has 4 aromatic rings. The van der Waals surface area contributed by atoms with Crippen molar-refractivity contribution in [3.8, 4) is 11.4 Å². The molecule has 6 rings (SSSR count). The lowest BCUT2D eigenvalue weighted by Gasteiger charge is -2.28. The zero-order valence-electron chi connectivity index (χ0n) is 17.6. The predicted octanol–water partition coefficient (Wildman–Crippen LogP) is 2.62. The second-order valence-electron chi connectivity index (χ2n) is 8.12. The Morgan fingerprint density at radius 2 is 1.88 bits per heavy atom. The molecule has 166 valence electrons. The number of nitrogens with zero attached hydrogens (tertiary/aromatic N) is 5. The number of thiazole rings is 1. The largest absolute Gasteiger partial charge is 0.378 e. The third-order valence-corrected chi connectivity index (χ3v) is 7.00. The van der Waals surface area contributed by atoms with Crippen LogP contribution in [0.3, 0.4) is 0 Å². The Labute approximate surface area is 188 Å². The highest BCUT2D eigenvalue weighted by atomic mass is 32.1. The van der Waals surface area contributed by atoms with E-state index in [0.717, 1.165) is 77.9 Å². The van der Waals surface area contributed by atoms with Crippen LogP contribution in [0.1, 0.15) is 5.01 Å². The second-order valence-corrected chi connectivity index (χ2v) is 9.18. The minimum absolute atomic E-state index is 0.324. The lowest BCUT2D eigenvalue weighted by atomic mass is 10.1. The summed E-state index contributed by atoms with van der Waals surface area (Å²) in [4.78, 5) is 23.2. The van der Waals surface area contributed by atoms with Gasteiger partial charge in [0.2, 0.25) is 0 Å². The average Bonchev–Trinajstić information content (AvgIpc) is 3.46. The molecular weight excluding hydrogens is 429 g/mol. The van der Waals surface area contributed by atoms with E-state index in [1.54, 1.807) is 17.4 Å². The number of ether oxygens (including phenoxy) is 1. The maximum atomic E-state index is 15.0. The van der Waals surface area contributed by atoms with E-state index in [1.807, 2.05) is 12.3 Å². The summed E-state index contributed by atoms with van der Waals surface area (Å²) in [5.74, 6) is 0.844. The van der Waals surface area contributed by atoms with Gasteiger partial charge in [-0.3, -0.25) is 4.90 Å². The average molecular weight is 454 g/mol. The first-order valence-corrected chi connectivity index (χ1v) is 11.8. The quantitative estimate of drug-likeness (QED) is 0.492. The summed E-state index contributed by atoms with van der Waals surface area (Å²) in [6, 6.07) is 5.09. The molecule has 1 aromatic carbocycles. The Hall–Kier alpha value is -2.66. The van der Waals surface area contributed by atoms with Gasteiger partial charge < -0.3 is 19.9 Å². The predicted molar refractivity (Wildman–Crippen MR) is 124 cm³/mol. The number of anilines is 1.